The summed E-state index contributed by atoms with van der Waals surface area (Å²) in [6.07, 6.45) is 0. The molecule has 3 aromatic rings. The monoisotopic (exact) mass is 454 g/mol. The Morgan fingerprint density at radius 1 is 1.19 bits per heavy atom. The molecule has 0 aliphatic carbocycles. The highest BCUT2D eigenvalue weighted by molar-refractivity contribution is 6.51. The summed E-state index contributed by atoms with van der Waals surface area (Å²) in [5.74, 6) is -1.46. The fourth-order valence-corrected chi connectivity index (χ4v) is 3.71. The van der Waals surface area contributed by atoms with Gasteiger partial charge in [-0.05, 0) is 55.8 Å². The van der Waals surface area contributed by atoms with Crippen molar-refractivity contribution in [3.05, 3.63) is 76.0 Å². The second-order valence-corrected chi connectivity index (χ2v) is 7.57. The molecule has 2 N–H and O–H groups in total. The molecule has 1 fully saturated rings. The van der Waals surface area contributed by atoms with E-state index < -0.39 is 17.7 Å². The summed E-state index contributed by atoms with van der Waals surface area (Å²) in [5, 5.41) is 25.5. The predicted octanol–water partition coefficient (Wildman–Crippen LogP) is 4.37. The normalized spacial score (nSPS) is 17.7. The van der Waals surface area contributed by atoms with Gasteiger partial charge in [-0.2, -0.15) is 0 Å². The smallest absolute Gasteiger partial charge is 0.301 e. The summed E-state index contributed by atoms with van der Waals surface area (Å²) >= 11 is 5.94. The van der Waals surface area contributed by atoms with Gasteiger partial charge in [-0.25, -0.2) is 0 Å². The number of aliphatic hydroxyl groups is 1. The van der Waals surface area contributed by atoms with Gasteiger partial charge in [0.1, 0.15) is 11.5 Å². The van der Waals surface area contributed by atoms with E-state index >= 15 is 0 Å². The number of rotatable bonds is 5. The maximum atomic E-state index is 13.1. The first-order valence-electron chi connectivity index (χ1n) is 9.77. The SMILES string of the molecule is CCOc1cc([C@@H]2C(=C(O)c3ccc(Cl)cc3)C(=O)C(=O)N2c2cc(C)on2)ccc1O. The number of aromatic nitrogens is 1. The number of carbonyl (C=O) groups is 2. The van der Waals surface area contributed by atoms with Crippen LogP contribution in [0.1, 0.15) is 29.9 Å². The van der Waals surface area contributed by atoms with E-state index in [2.05, 4.69) is 5.16 Å². The number of hydrogen-bond acceptors (Lipinski definition) is 7. The van der Waals surface area contributed by atoms with Crippen molar-refractivity contribution in [3.63, 3.8) is 0 Å². The lowest BCUT2D eigenvalue weighted by atomic mass is 9.95. The Morgan fingerprint density at radius 2 is 1.91 bits per heavy atom. The lowest BCUT2D eigenvalue weighted by Crippen LogP contribution is -2.29. The topological polar surface area (TPSA) is 113 Å². The Hall–Kier alpha value is -3.78. The van der Waals surface area contributed by atoms with Crippen LogP contribution in [0.15, 0.2) is 58.6 Å². The molecule has 9 heteroatoms. The number of aliphatic hydroxyl groups excluding tert-OH is 1. The van der Waals surface area contributed by atoms with Crippen LogP contribution in [0.2, 0.25) is 5.02 Å². The average Bonchev–Trinajstić information content (AvgIpc) is 3.31. The summed E-state index contributed by atoms with van der Waals surface area (Å²) < 4.78 is 10.6. The van der Waals surface area contributed by atoms with E-state index in [4.69, 9.17) is 20.9 Å². The van der Waals surface area contributed by atoms with Gasteiger partial charge in [0.25, 0.3) is 5.78 Å². The minimum Gasteiger partial charge on any atom is -0.507 e. The Labute approximate surface area is 188 Å². The second-order valence-electron chi connectivity index (χ2n) is 7.13. The number of amides is 1. The maximum Gasteiger partial charge on any atom is 0.301 e. The zero-order chi connectivity index (χ0) is 23.0. The van der Waals surface area contributed by atoms with E-state index in [1.165, 1.54) is 18.2 Å². The summed E-state index contributed by atoms with van der Waals surface area (Å²) in [6, 6.07) is 11.2. The molecule has 2 heterocycles. The molecule has 0 unspecified atom stereocenters. The molecule has 0 spiro atoms. The van der Waals surface area contributed by atoms with Gasteiger partial charge >= 0.3 is 5.91 Å². The van der Waals surface area contributed by atoms with Crippen LogP contribution in [-0.2, 0) is 9.59 Å². The van der Waals surface area contributed by atoms with Crippen molar-refractivity contribution >= 4 is 34.9 Å². The second kappa shape index (κ2) is 8.39. The number of phenols is 1. The molecule has 0 bridgehead atoms. The van der Waals surface area contributed by atoms with Crippen molar-refractivity contribution in [2.75, 3.05) is 11.5 Å². The number of halogens is 1. The average molecular weight is 455 g/mol. The molecule has 1 aliphatic heterocycles. The highest BCUT2D eigenvalue weighted by Gasteiger charge is 2.48. The fraction of sp³-hybridized carbons (Fsp3) is 0.174. The molecule has 8 nitrogen and oxygen atoms in total. The van der Waals surface area contributed by atoms with Crippen molar-refractivity contribution in [2.45, 2.75) is 19.9 Å². The van der Waals surface area contributed by atoms with Gasteiger partial charge in [-0.1, -0.05) is 22.8 Å². The molecule has 0 saturated carbocycles. The number of benzene rings is 2. The maximum absolute atomic E-state index is 13.1. The summed E-state index contributed by atoms with van der Waals surface area (Å²) in [5.41, 5.74) is 0.616. The first-order chi connectivity index (χ1) is 15.3. The molecular formula is C23H19ClN2O6. The molecule has 164 valence electrons. The molecular weight excluding hydrogens is 436 g/mol. The van der Waals surface area contributed by atoms with Crippen LogP contribution < -0.4 is 9.64 Å². The minimum atomic E-state index is -1.03. The number of nitrogens with zero attached hydrogens (tertiary/aromatic N) is 2. The third kappa shape index (κ3) is 3.69. The fourth-order valence-electron chi connectivity index (χ4n) is 3.59. The number of carbonyl (C=O) groups excluding carboxylic acids is 2. The van der Waals surface area contributed by atoms with E-state index in [1.54, 1.807) is 44.2 Å². The number of hydrogen-bond donors (Lipinski definition) is 2. The van der Waals surface area contributed by atoms with Crippen molar-refractivity contribution in [3.8, 4) is 11.5 Å². The third-order valence-electron chi connectivity index (χ3n) is 5.02. The zero-order valence-electron chi connectivity index (χ0n) is 17.2. The first kappa shape index (κ1) is 21.5. The van der Waals surface area contributed by atoms with Crippen LogP contribution >= 0.6 is 11.6 Å². The van der Waals surface area contributed by atoms with Gasteiger partial charge < -0.3 is 19.5 Å². The van der Waals surface area contributed by atoms with Crippen LogP contribution in [0.25, 0.3) is 5.76 Å². The van der Waals surface area contributed by atoms with Crippen molar-refractivity contribution < 1.29 is 29.1 Å². The zero-order valence-corrected chi connectivity index (χ0v) is 18.0. The quantitative estimate of drug-likeness (QED) is 0.334. The van der Waals surface area contributed by atoms with E-state index in [0.29, 0.717) is 28.5 Å². The molecule has 4 rings (SSSR count). The van der Waals surface area contributed by atoms with Gasteiger partial charge in [-0.15, -0.1) is 0 Å². The number of phenolic OH excluding ortho intramolecular Hbond substituents is 1. The Bertz CT molecular complexity index is 1230. The van der Waals surface area contributed by atoms with Crippen molar-refractivity contribution in [1.82, 2.24) is 5.16 Å². The summed E-state index contributed by atoms with van der Waals surface area (Å²) in [6.45, 7) is 3.71. The van der Waals surface area contributed by atoms with E-state index in [1.807, 2.05) is 0 Å². The predicted molar refractivity (Wildman–Crippen MR) is 117 cm³/mol. The summed E-state index contributed by atoms with van der Waals surface area (Å²) in [7, 11) is 0. The molecule has 1 atom stereocenters. The van der Waals surface area contributed by atoms with Gasteiger partial charge in [0, 0.05) is 16.7 Å². The highest BCUT2D eigenvalue weighted by Crippen LogP contribution is 2.43. The van der Waals surface area contributed by atoms with E-state index in [9.17, 15) is 19.8 Å². The van der Waals surface area contributed by atoms with Crippen molar-refractivity contribution in [2.24, 2.45) is 0 Å². The molecule has 1 aromatic heterocycles. The number of aryl methyl sites for hydroxylation is 1. The van der Waals surface area contributed by atoms with Gasteiger partial charge in [-0.3, -0.25) is 14.5 Å². The first-order valence-corrected chi connectivity index (χ1v) is 10.2. The van der Waals surface area contributed by atoms with Crippen molar-refractivity contribution in [1.29, 1.82) is 0 Å². The number of ketones is 1. The van der Waals surface area contributed by atoms with E-state index in [0.717, 1.165) is 4.90 Å². The largest absolute Gasteiger partial charge is 0.507 e. The molecule has 1 amide bonds. The molecule has 0 radical (unpaired) electrons. The van der Waals surface area contributed by atoms with Crippen LogP contribution in [0.3, 0.4) is 0 Å². The van der Waals surface area contributed by atoms with Gasteiger partial charge in [0.15, 0.2) is 17.3 Å². The lowest BCUT2D eigenvalue weighted by Gasteiger charge is -2.23. The Kier molecular flexibility index (Phi) is 5.63. The Balaban J connectivity index is 1.94. The van der Waals surface area contributed by atoms with Gasteiger partial charge in [0.2, 0.25) is 0 Å². The van der Waals surface area contributed by atoms with Gasteiger partial charge in [0.05, 0.1) is 18.2 Å². The Morgan fingerprint density at radius 3 is 2.53 bits per heavy atom. The summed E-state index contributed by atoms with van der Waals surface area (Å²) in [4.78, 5) is 27.2. The van der Waals surface area contributed by atoms with Crippen LogP contribution in [-0.4, -0.2) is 33.7 Å². The molecule has 1 aliphatic rings. The number of Topliss-reactive ketones (excluding diaryl/α,β-unsaturated/α-hetero) is 1. The number of anilines is 1. The van der Waals surface area contributed by atoms with Crippen LogP contribution in [0.5, 0.6) is 11.5 Å². The molecule has 1 saturated heterocycles. The number of ether oxygens (including phenoxy) is 1. The molecule has 2 aromatic carbocycles. The molecule has 32 heavy (non-hydrogen) atoms. The highest BCUT2D eigenvalue weighted by atomic mass is 35.5. The van der Waals surface area contributed by atoms with Crippen LogP contribution in [0.4, 0.5) is 5.82 Å². The van der Waals surface area contributed by atoms with Crippen LogP contribution in [0, 0.1) is 6.92 Å². The lowest BCUT2D eigenvalue weighted by molar-refractivity contribution is -0.132. The minimum absolute atomic E-state index is 0.0949. The third-order valence-corrected chi connectivity index (χ3v) is 5.28. The number of aromatic hydroxyl groups is 1. The van der Waals surface area contributed by atoms with E-state index in [-0.39, 0.29) is 28.6 Å². The standard InChI is InChI=1S/C23H19ClN2O6/c1-3-31-17-11-14(6-9-16(17)27)20-19(21(28)13-4-7-15(24)8-5-13)22(29)23(30)26(20)18-10-12(2)32-25-18/h4-11,20,27-28H,3H2,1-2H3/t20-/m1/s1.